The van der Waals surface area contributed by atoms with Crippen LogP contribution in [0.15, 0.2) is 83.0 Å². The number of carbonyl (C=O) groups excluding carboxylic acids is 2. The van der Waals surface area contributed by atoms with Crippen molar-refractivity contribution in [1.82, 2.24) is 0 Å². The average molecular weight is 400 g/mol. The highest BCUT2D eigenvalue weighted by Gasteiger charge is 2.28. The van der Waals surface area contributed by atoms with E-state index in [2.05, 4.69) is 0 Å². The molecule has 5 rings (SSSR count). The Kier molecular flexibility index (Phi) is 4.17. The molecule has 6 heteroatoms. The number of para-hydroxylation sites is 1. The molecule has 0 N–H and O–H groups in total. The molecule has 1 aliphatic heterocycles. The van der Waals surface area contributed by atoms with Crippen LogP contribution in [-0.4, -0.2) is 11.8 Å². The van der Waals surface area contributed by atoms with Crippen LogP contribution >= 0.6 is 0 Å². The van der Waals surface area contributed by atoms with Crippen LogP contribution in [-0.2, 0) is 0 Å². The van der Waals surface area contributed by atoms with E-state index in [1.54, 1.807) is 30.3 Å². The van der Waals surface area contributed by atoms with Crippen molar-refractivity contribution in [1.29, 1.82) is 0 Å². The SMILES string of the molecule is O=C(Oc1ccc2c(c1)O/C(=C\c1ccccc1F)C2=O)c1cc2ccccc2o1. The molecular formula is C24H13FO5. The van der Waals surface area contributed by atoms with Gasteiger partial charge < -0.3 is 13.9 Å². The number of Topliss-reactive ketones (excluding diaryl/α,β-unsaturated/α-hetero) is 1. The van der Waals surface area contributed by atoms with E-state index in [1.165, 1.54) is 30.3 Å². The van der Waals surface area contributed by atoms with Gasteiger partial charge in [-0.25, -0.2) is 9.18 Å². The maximum atomic E-state index is 13.9. The lowest BCUT2D eigenvalue weighted by Crippen LogP contribution is -2.07. The first-order valence-corrected chi connectivity index (χ1v) is 9.12. The maximum absolute atomic E-state index is 13.9. The fourth-order valence-corrected chi connectivity index (χ4v) is 3.20. The second kappa shape index (κ2) is 7.00. The molecule has 30 heavy (non-hydrogen) atoms. The van der Waals surface area contributed by atoms with Crippen molar-refractivity contribution in [3.05, 3.63) is 101 Å². The monoisotopic (exact) mass is 400 g/mol. The van der Waals surface area contributed by atoms with Gasteiger partial charge in [-0.05, 0) is 36.4 Å². The van der Waals surface area contributed by atoms with Gasteiger partial charge in [0.15, 0.2) is 5.76 Å². The van der Waals surface area contributed by atoms with Crippen LogP contribution in [0.25, 0.3) is 17.0 Å². The van der Waals surface area contributed by atoms with Gasteiger partial charge in [-0.3, -0.25) is 4.79 Å². The molecule has 4 aromatic rings. The fraction of sp³-hybridized carbons (Fsp3) is 0. The van der Waals surface area contributed by atoms with Gasteiger partial charge in [0.2, 0.25) is 11.5 Å². The predicted octanol–water partition coefficient (Wildman–Crippen LogP) is 5.41. The summed E-state index contributed by atoms with van der Waals surface area (Å²) >= 11 is 0. The molecule has 0 radical (unpaired) electrons. The first-order valence-electron chi connectivity index (χ1n) is 9.12. The summed E-state index contributed by atoms with van der Waals surface area (Å²) in [6, 6.07) is 19.3. The van der Waals surface area contributed by atoms with E-state index in [1.807, 2.05) is 18.2 Å². The molecule has 0 aliphatic carbocycles. The Morgan fingerprint density at radius 2 is 1.77 bits per heavy atom. The van der Waals surface area contributed by atoms with Gasteiger partial charge in [-0.2, -0.15) is 0 Å². The molecule has 0 bridgehead atoms. The van der Waals surface area contributed by atoms with Crippen molar-refractivity contribution in [2.75, 3.05) is 0 Å². The van der Waals surface area contributed by atoms with Gasteiger partial charge in [0, 0.05) is 17.0 Å². The van der Waals surface area contributed by atoms with E-state index in [0.29, 0.717) is 11.1 Å². The second-order valence-electron chi connectivity index (χ2n) is 6.66. The largest absolute Gasteiger partial charge is 0.452 e. The van der Waals surface area contributed by atoms with Crippen LogP contribution in [0.4, 0.5) is 4.39 Å². The molecule has 0 atom stereocenters. The van der Waals surface area contributed by atoms with Gasteiger partial charge in [-0.1, -0.05) is 36.4 Å². The lowest BCUT2D eigenvalue weighted by Gasteiger charge is -2.04. The Bertz CT molecular complexity index is 1320. The van der Waals surface area contributed by atoms with E-state index in [9.17, 15) is 14.0 Å². The summed E-state index contributed by atoms with van der Waals surface area (Å²) in [5.41, 5.74) is 1.13. The number of carbonyl (C=O) groups is 2. The van der Waals surface area contributed by atoms with Crippen LogP contribution in [0.3, 0.4) is 0 Å². The number of benzene rings is 3. The molecule has 0 saturated heterocycles. The Morgan fingerprint density at radius 1 is 0.967 bits per heavy atom. The summed E-state index contributed by atoms with van der Waals surface area (Å²) in [6.07, 6.45) is 1.34. The molecule has 1 aromatic heterocycles. The van der Waals surface area contributed by atoms with Crippen molar-refractivity contribution in [3.63, 3.8) is 0 Å². The van der Waals surface area contributed by atoms with E-state index < -0.39 is 11.8 Å². The van der Waals surface area contributed by atoms with Crippen molar-refractivity contribution in [2.24, 2.45) is 0 Å². The lowest BCUT2D eigenvalue weighted by molar-refractivity contribution is 0.0703. The van der Waals surface area contributed by atoms with E-state index in [4.69, 9.17) is 13.9 Å². The number of ether oxygens (including phenoxy) is 2. The average Bonchev–Trinajstić information content (AvgIpc) is 3.31. The topological polar surface area (TPSA) is 65.7 Å². The Morgan fingerprint density at radius 3 is 2.60 bits per heavy atom. The number of fused-ring (bicyclic) bond motifs is 2. The van der Waals surface area contributed by atoms with Crippen LogP contribution in [0.5, 0.6) is 11.5 Å². The summed E-state index contributed by atoms with van der Waals surface area (Å²) in [5, 5.41) is 0.787. The maximum Gasteiger partial charge on any atom is 0.379 e. The molecule has 5 nitrogen and oxygen atoms in total. The zero-order chi connectivity index (χ0) is 20.7. The summed E-state index contributed by atoms with van der Waals surface area (Å²) in [6.45, 7) is 0. The zero-order valence-corrected chi connectivity index (χ0v) is 15.4. The van der Waals surface area contributed by atoms with Gasteiger partial charge >= 0.3 is 5.97 Å². The van der Waals surface area contributed by atoms with Crippen LogP contribution in [0.1, 0.15) is 26.5 Å². The Hall–Kier alpha value is -4.19. The first kappa shape index (κ1) is 17.9. The lowest BCUT2D eigenvalue weighted by atomic mass is 10.1. The molecule has 0 spiro atoms. The first-order chi connectivity index (χ1) is 14.6. The molecule has 0 amide bonds. The standard InChI is InChI=1S/C24H13FO5/c25-18-7-3-1-5-14(18)11-21-23(26)17-10-9-16(13-20(17)30-21)28-24(27)22-12-15-6-2-4-8-19(15)29-22/h1-13H/b21-11-. The number of ketones is 1. The normalized spacial score (nSPS) is 14.0. The third-order valence-electron chi connectivity index (χ3n) is 4.67. The molecule has 0 fully saturated rings. The summed E-state index contributed by atoms with van der Waals surface area (Å²) in [7, 11) is 0. The minimum Gasteiger partial charge on any atom is -0.452 e. The Balaban J connectivity index is 1.39. The second-order valence-corrected chi connectivity index (χ2v) is 6.66. The van der Waals surface area contributed by atoms with Crippen LogP contribution in [0.2, 0.25) is 0 Å². The smallest absolute Gasteiger partial charge is 0.379 e. The number of furan rings is 1. The minimum absolute atomic E-state index is 0.00383. The molecule has 0 unspecified atom stereocenters. The van der Waals surface area contributed by atoms with E-state index >= 15 is 0 Å². The molecular weight excluding hydrogens is 387 g/mol. The van der Waals surface area contributed by atoms with Gasteiger partial charge in [-0.15, -0.1) is 0 Å². The highest BCUT2D eigenvalue weighted by Crippen LogP contribution is 2.35. The quantitative estimate of drug-likeness (QED) is 0.261. The van der Waals surface area contributed by atoms with E-state index in [0.717, 1.165) is 5.39 Å². The van der Waals surface area contributed by atoms with Gasteiger partial charge in [0.05, 0.1) is 5.56 Å². The third kappa shape index (κ3) is 3.14. The fourth-order valence-electron chi connectivity index (χ4n) is 3.20. The van der Waals surface area contributed by atoms with Crippen LogP contribution < -0.4 is 9.47 Å². The summed E-state index contributed by atoms with van der Waals surface area (Å²) in [5.74, 6) is -1.01. The number of rotatable bonds is 3. The number of hydrogen-bond donors (Lipinski definition) is 0. The molecule has 1 aliphatic rings. The number of hydrogen-bond acceptors (Lipinski definition) is 5. The van der Waals surface area contributed by atoms with Crippen molar-refractivity contribution in [3.8, 4) is 11.5 Å². The van der Waals surface area contributed by atoms with Gasteiger partial charge in [0.25, 0.3) is 0 Å². The molecule has 0 saturated carbocycles. The zero-order valence-electron chi connectivity index (χ0n) is 15.4. The molecule has 146 valence electrons. The van der Waals surface area contributed by atoms with Gasteiger partial charge in [0.1, 0.15) is 22.9 Å². The highest BCUT2D eigenvalue weighted by atomic mass is 19.1. The molecule has 3 aromatic carbocycles. The predicted molar refractivity (Wildman–Crippen MR) is 107 cm³/mol. The minimum atomic E-state index is -0.669. The van der Waals surface area contributed by atoms with Crippen LogP contribution in [0, 0.1) is 5.82 Å². The third-order valence-corrected chi connectivity index (χ3v) is 4.67. The number of halogens is 1. The number of allylic oxidation sites excluding steroid dienone is 1. The Labute approximate surface area is 170 Å². The molecule has 2 heterocycles. The summed E-state index contributed by atoms with van der Waals surface area (Å²) in [4.78, 5) is 24.9. The number of esters is 1. The van der Waals surface area contributed by atoms with Crippen molar-refractivity contribution < 1.29 is 27.9 Å². The van der Waals surface area contributed by atoms with Crippen molar-refractivity contribution in [2.45, 2.75) is 0 Å². The summed E-state index contributed by atoms with van der Waals surface area (Å²) < 4.78 is 30.3. The van der Waals surface area contributed by atoms with Crippen molar-refractivity contribution >= 4 is 28.8 Å². The van der Waals surface area contributed by atoms with E-state index in [-0.39, 0.29) is 34.4 Å². The highest BCUT2D eigenvalue weighted by molar-refractivity contribution is 6.14.